The van der Waals surface area contributed by atoms with E-state index in [2.05, 4.69) is 17.1 Å². The van der Waals surface area contributed by atoms with Gasteiger partial charge in [0.15, 0.2) is 0 Å². The zero-order valence-electron chi connectivity index (χ0n) is 13.8. The average Bonchev–Trinajstić information content (AvgIpc) is 2.82. The summed E-state index contributed by atoms with van der Waals surface area (Å²) in [5.74, 6) is 0.127. The van der Waals surface area contributed by atoms with Gasteiger partial charge in [-0.15, -0.1) is 0 Å². The molecule has 1 aromatic rings. The predicted molar refractivity (Wildman–Crippen MR) is 84.5 cm³/mol. The van der Waals surface area contributed by atoms with E-state index in [1.165, 1.54) is 0 Å². The quantitative estimate of drug-likeness (QED) is 0.920. The normalized spacial score (nSPS) is 16.0. The molecule has 0 atom stereocenters. The third kappa shape index (κ3) is 3.87. The van der Waals surface area contributed by atoms with E-state index in [-0.39, 0.29) is 17.7 Å². The van der Waals surface area contributed by atoms with Crippen LogP contribution in [0.15, 0.2) is 6.07 Å². The molecule has 0 spiro atoms. The summed E-state index contributed by atoms with van der Waals surface area (Å²) < 4.78 is 0. The molecule has 1 aromatic heterocycles. The van der Waals surface area contributed by atoms with Crippen molar-refractivity contribution < 1.29 is 9.59 Å². The summed E-state index contributed by atoms with van der Waals surface area (Å²) in [5, 5.41) is 7.05. The van der Waals surface area contributed by atoms with Crippen LogP contribution >= 0.6 is 0 Å². The van der Waals surface area contributed by atoms with Crippen LogP contribution in [0, 0.1) is 5.92 Å². The van der Waals surface area contributed by atoms with Gasteiger partial charge in [0.25, 0.3) is 5.91 Å². The lowest BCUT2D eigenvalue weighted by Gasteiger charge is -2.23. The van der Waals surface area contributed by atoms with Crippen LogP contribution in [0.1, 0.15) is 49.8 Å². The molecule has 1 saturated heterocycles. The summed E-state index contributed by atoms with van der Waals surface area (Å²) in [4.78, 5) is 28.3. The van der Waals surface area contributed by atoms with Crippen molar-refractivity contribution in [3.8, 4) is 0 Å². The van der Waals surface area contributed by atoms with Gasteiger partial charge in [-0.2, -0.15) is 5.10 Å². The Balaban J connectivity index is 1.97. The van der Waals surface area contributed by atoms with E-state index in [1.807, 2.05) is 24.8 Å². The maximum atomic E-state index is 12.5. The fourth-order valence-corrected chi connectivity index (χ4v) is 2.74. The number of H-pyrrole nitrogens is 1. The number of rotatable bonds is 4. The zero-order chi connectivity index (χ0) is 16.1. The van der Waals surface area contributed by atoms with E-state index in [9.17, 15) is 9.59 Å². The first-order chi connectivity index (χ1) is 10.5. The van der Waals surface area contributed by atoms with E-state index in [0.29, 0.717) is 25.3 Å². The Morgan fingerprint density at radius 2 is 1.91 bits per heavy atom. The summed E-state index contributed by atoms with van der Waals surface area (Å²) in [7, 11) is 0. The third-order valence-corrected chi connectivity index (χ3v) is 3.96. The van der Waals surface area contributed by atoms with Crippen molar-refractivity contribution in [3.05, 3.63) is 17.5 Å². The number of aromatic amines is 1. The molecule has 0 bridgehead atoms. The molecule has 6 nitrogen and oxygen atoms in total. The smallest absolute Gasteiger partial charge is 0.274 e. The number of hydrogen-bond donors (Lipinski definition) is 1. The highest BCUT2D eigenvalue weighted by atomic mass is 16.2. The average molecular weight is 306 g/mol. The molecule has 1 aliphatic rings. The minimum absolute atomic E-state index is 0.00481. The van der Waals surface area contributed by atoms with E-state index in [1.54, 1.807) is 4.90 Å². The Kier molecular flexibility index (Phi) is 5.57. The van der Waals surface area contributed by atoms with Gasteiger partial charge in [-0.05, 0) is 18.9 Å². The largest absolute Gasteiger partial charge is 0.341 e. The van der Waals surface area contributed by atoms with E-state index in [0.717, 1.165) is 31.5 Å². The molecule has 1 N–H and O–H groups in total. The summed E-state index contributed by atoms with van der Waals surface area (Å²) in [6.45, 7) is 8.50. The van der Waals surface area contributed by atoms with Gasteiger partial charge in [-0.25, -0.2) is 0 Å². The monoisotopic (exact) mass is 306 g/mol. The van der Waals surface area contributed by atoms with Crippen molar-refractivity contribution in [1.82, 2.24) is 20.0 Å². The minimum Gasteiger partial charge on any atom is -0.341 e. The van der Waals surface area contributed by atoms with Crippen LogP contribution in [0.25, 0.3) is 0 Å². The number of nitrogens with one attached hydrogen (secondary N) is 1. The first-order valence-electron chi connectivity index (χ1n) is 8.15. The molecule has 0 radical (unpaired) electrons. The molecule has 0 saturated carbocycles. The number of nitrogens with zero attached hydrogens (tertiary/aromatic N) is 3. The SMILES string of the molecule is CCCc1cc(C(=O)N2CCCN(C(=O)C(C)C)CC2)n[nH]1. The van der Waals surface area contributed by atoms with Crippen LogP contribution in [0.2, 0.25) is 0 Å². The van der Waals surface area contributed by atoms with Crippen LogP contribution in [0.5, 0.6) is 0 Å². The summed E-state index contributed by atoms with van der Waals surface area (Å²) >= 11 is 0. The Morgan fingerprint density at radius 3 is 2.59 bits per heavy atom. The minimum atomic E-state index is -0.0440. The van der Waals surface area contributed by atoms with Crippen LogP contribution in [-0.4, -0.2) is 58.0 Å². The molecule has 0 aliphatic carbocycles. The number of amides is 2. The topological polar surface area (TPSA) is 69.3 Å². The number of carbonyl (C=O) groups is 2. The van der Waals surface area contributed by atoms with E-state index >= 15 is 0 Å². The summed E-state index contributed by atoms with van der Waals surface area (Å²) in [6, 6.07) is 1.84. The van der Waals surface area contributed by atoms with Gasteiger partial charge >= 0.3 is 0 Å². The third-order valence-electron chi connectivity index (χ3n) is 3.96. The maximum absolute atomic E-state index is 12.5. The lowest BCUT2D eigenvalue weighted by molar-refractivity contribution is -0.134. The van der Waals surface area contributed by atoms with Crippen molar-refractivity contribution in [2.75, 3.05) is 26.2 Å². The fraction of sp³-hybridized carbons (Fsp3) is 0.688. The van der Waals surface area contributed by atoms with E-state index in [4.69, 9.17) is 0 Å². The standard InChI is InChI=1S/C16H26N4O2/c1-4-6-13-11-14(18-17-13)16(22)20-8-5-7-19(9-10-20)15(21)12(2)3/h11-12H,4-10H2,1-3H3,(H,17,18). The van der Waals surface area contributed by atoms with Crippen molar-refractivity contribution in [2.45, 2.75) is 40.0 Å². The second kappa shape index (κ2) is 7.42. The molecule has 1 fully saturated rings. The molecule has 2 heterocycles. The first kappa shape index (κ1) is 16.5. The van der Waals surface area contributed by atoms with Gasteiger partial charge in [0.2, 0.25) is 5.91 Å². The van der Waals surface area contributed by atoms with E-state index < -0.39 is 0 Å². The number of aromatic nitrogens is 2. The first-order valence-corrected chi connectivity index (χ1v) is 8.15. The van der Waals surface area contributed by atoms with Crippen LogP contribution in [0.4, 0.5) is 0 Å². The molecule has 0 unspecified atom stereocenters. The van der Waals surface area contributed by atoms with Crippen LogP contribution < -0.4 is 0 Å². The Labute approximate surface area is 131 Å². The lowest BCUT2D eigenvalue weighted by Crippen LogP contribution is -2.39. The molecular weight excluding hydrogens is 280 g/mol. The predicted octanol–water partition coefficient (Wildman–Crippen LogP) is 1.69. The van der Waals surface area contributed by atoms with Crippen molar-refractivity contribution in [3.63, 3.8) is 0 Å². The zero-order valence-corrected chi connectivity index (χ0v) is 13.8. The second-order valence-corrected chi connectivity index (χ2v) is 6.15. The number of carbonyl (C=O) groups excluding carboxylic acids is 2. The number of aryl methyl sites for hydroxylation is 1. The highest BCUT2D eigenvalue weighted by Crippen LogP contribution is 2.11. The second-order valence-electron chi connectivity index (χ2n) is 6.15. The van der Waals surface area contributed by atoms with Gasteiger partial charge in [0.05, 0.1) is 0 Å². The Morgan fingerprint density at radius 1 is 1.23 bits per heavy atom. The van der Waals surface area contributed by atoms with Crippen molar-refractivity contribution >= 4 is 11.8 Å². The summed E-state index contributed by atoms with van der Waals surface area (Å²) in [5.41, 5.74) is 1.48. The molecule has 6 heteroatoms. The molecule has 2 amide bonds. The molecule has 0 aromatic carbocycles. The van der Waals surface area contributed by atoms with Gasteiger partial charge in [-0.3, -0.25) is 14.7 Å². The Hall–Kier alpha value is -1.85. The fourth-order valence-electron chi connectivity index (χ4n) is 2.74. The molecule has 1 aliphatic heterocycles. The van der Waals surface area contributed by atoms with Crippen molar-refractivity contribution in [1.29, 1.82) is 0 Å². The van der Waals surface area contributed by atoms with Crippen molar-refractivity contribution in [2.24, 2.45) is 5.92 Å². The highest BCUT2D eigenvalue weighted by molar-refractivity contribution is 5.92. The summed E-state index contributed by atoms with van der Waals surface area (Å²) in [6.07, 6.45) is 2.74. The van der Waals surface area contributed by atoms with Gasteiger partial charge < -0.3 is 9.80 Å². The van der Waals surface area contributed by atoms with Gasteiger partial charge in [0.1, 0.15) is 5.69 Å². The van der Waals surface area contributed by atoms with Crippen LogP contribution in [-0.2, 0) is 11.2 Å². The van der Waals surface area contributed by atoms with Gasteiger partial charge in [0, 0.05) is 37.8 Å². The Bertz CT molecular complexity index is 524. The van der Waals surface area contributed by atoms with Crippen LogP contribution in [0.3, 0.4) is 0 Å². The highest BCUT2D eigenvalue weighted by Gasteiger charge is 2.25. The number of hydrogen-bond acceptors (Lipinski definition) is 3. The molecular formula is C16H26N4O2. The van der Waals surface area contributed by atoms with Gasteiger partial charge in [-0.1, -0.05) is 27.2 Å². The molecule has 2 rings (SSSR count). The molecule has 22 heavy (non-hydrogen) atoms. The maximum Gasteiger partial charge on any atom is 0.274 e. The molecule has 122 valence electrons. The lowest BCUT2D eigenvalue weighted by atomic mass is 10.2.